The third-order valence-corrected chi connectivity index (χ3v) is 5.36. The number of ether oxygens (including phenoxy) is 1. The SMILES string of the molecule is O=C(Nc1cnc(N2CCOCC2)c(Br)c1)NC1[C@H]2CNC[C@@H]12. The number of pyridine rings is 1. The van der Waals surface area contributed by atoms with E-state index in [-0.39, 0.29) is 6.03 Å². The largest absolute Gasteiger partial charge is 0.378 e. The van der Waals surface area contributed by atoms with Gasteiger partial charge in [-0.25, -0.2) is 9.78 Å². The van der Waals surface area contributed by atoms with Crippen molar-refractivity contribution in [3.63, 3.8) is 0 Å². The zero-order chi connectivity index (χ0) is 15.8. The number of hydrogen-bond acceptors (Lipinski definition) is 5. The normalized spacial score (nSPS) is 29.1. The minimum Gasteiger partial charge on any atom is -0.378 e. The van der Waals surface area contributed by atoms with Crippen molar-refractivity contribution in [3.05, 3.63) is 16.7 Å². The molecule has 4 rings (SSSR count). The predicted molar refractivity (Wildman–Crippen MR) is 90.8 cm³/mol. The predicted octanol–water partition coefficient (Wildman–Crippen LogP) is 1.02. The van der Waals surface area contributed by atoms with Crippen molar-refractivity contribution in [1.82, 2.24) is 15.6 Å². The number of nitrogens with zero attached hydrogens (tertiary/aromatic N) is 2. The van der Waals surface area contributed by atoms with Crippen molar-refractivity contribution >= 4 is 33.5 Å². The summed E-state index contributed by atoms with van der Waals surface area (Å²) in [5, 5.41) is 9.23. The first-order chi connectivity index (χ1) is 11.2. The molecule has 8 heteroatoms. The number of nitrogens with one attached hydrogen (secondary N) is 3. The van der Waals surface area contributed by atoms with E-state index < -0.39 is 0 Å². The number of hydrogen-bond donors (Lipinski definition) is 3. The third kappa shape index (κ3) is 3.15. The van der Waals surface area contributed by atoms with Gasteiger partial charge in [0.25, 0.3) is 0 Å². The lowest BCUT2D eigenvalue weighted by Gasteiger charge is -2.28. The molecular formula is C15H20BrN5O2. The third-order valence-electron chi connectivity index (χ3n) is 4.78. The van der Waals surface area contributed by atoms with Crippen molar-refractivity contribution in [2.75, 3.05) is 49.6 Å². The monoisotopic (exact) mass is 381 g/mol. The molecule has 0 aromatic carbocycles. The molecule has 0 radical (unpaired) electrons. The molecule has 1 aromatic heterocycles. The van der Waals surface area contributed by atoms with Crippen molar-refractivity contribution < 1.29 is 9.53 Å². The highest BCUT2D eigenvalue weighted by atomic mass is 79.9. The van der Waals surface area contributed by atoms with Gasteiger partial charge in [0.05, 0.1) is 29.6 Å². The van der Waals surface area contributed by atoms with E-state index in [2.05, 4.69) is 41.8 Å². The number of urea groups is 1. The van der Waals surface area contributed by atoms with Gasteiger partial charge in [0.15, 0.2) is 0 Å². The number of halogens is 1. The van der Waals surface area contributed by atoms with Gasteiger partial charge in [0.2, 0.25) is 0 Å². The van der Waals surface area contributed by atoms with Crippen LogP contribution in [0.25, 0.3) is 0 Å². The summed E-state index contributed by atoms with van der Waals surface area (Å²) in [6, 6.07) is 2.06. The van der Waals surface area contributed by atoms with Crippen LogP contribution in [-0.2, 0) is 4.74 Å². The van der Waals surface area contributed by atoms with Crippen LogP contribution in [0.4, 0.5) is 16.3 Å². The van der Waals surface area contributed by atoms with Crippen LogP contribution in [0.3, 0.4) is 0 Å². The molecule has 3 atom stereocenters. The number of rotatable bonds is 3. The van der Waals surface area contributed by atoms with Crippen LogP contribution in [0.2, 0.25) is 0 Å². The number of aromatic nitrogens is 1. The van der Waals surface area contributed by atoms with E-state index in [0.717, 1.165) is 49.7 Å². The topological polar surface area (TPSA) is 78.5 Å². The second-order valence-electron chi connectivity index (χ2n) is 6.24. The average molecular weight is 382 g/mol. The molecule has 124 valence electrons. The Hall–Kier alpha value is -1.38. The summed E-state index contributed by atoms with van der Waals surface area (Å²) in [6.45, 7) is 5.12. The van der Waals surface area contributed by atoms with Gasteiger partial charge in [-0.1, -0.05) is 0 Å². The lowest BCUT2D eigenvalue weighted by molar-refractivity contribution is 0.122. The molecule has 3 N–H and O–H groups in total. The van der Waals surface area contributed by atoms with Crippen LogP contribution < -0.4 is 20.9 Å². The van der Waals surface area contributed by atoms with Crippen LogP contribution >= 0.6 is 15.9 Å². The average Bonchev–Trinajstić information content (AvgIpc) is 2.96. The van der Waals surface area contributed by atoms with Gasteiger partial charge < -0.3 is 25.6 Å². The zero-order valence-corrected chi connectivity index (χ0v) is 14.3. The van der Waals surface area contributed by atoms with E-state index in [9.17, 15) is 4.79 Å². The summed E-state index contributed by atoms with van der Waals surface area (Å²) < 4.78 is 6.24. The van der Waals surface area contributed by atoms with Gasteiger partial charge in [0.1, 0.15) is 5.82 Å². The molecule has 1 unspecified atom stereocenters. The van der Waals surface area contributed by atoms with Gasteiger partial charge in [-0.2, -0.15) is 0 Å². The first-order valence-corrected chi connectivity index (χ1v) is 8.78. The number of carbonyl (C=O) groups is 1. The minimum absolute atomic E-state index is 0.155. The number of anilines is 2. The van der Waals surface area contributed by atoms with Crippen LogP contribution in [0.15, 0.2) is 16.7 Å². The molecule has 0 bridgehead atoms. The Bertz CT molecular complexity index is 598. The second-order valence-corrected chi connectivity index (χ2v) is 7.09. The maximum absolute atomic E-state index is 12.1. The lowest BCUT2D eigenvalue weighted by Crippen LogP contribution is -2.37. The molecule has 3 aliphatic rings. The fourth-order valence-electron chi connectivity index (χ4n) is 3.46. The molecule has 1 saturated carbocycles. The van der Waals surface area contributed by atoms with Gasteiger partial charge in [-0.3, -0.25) is 0 Å². The van der Waals surface area contributed by atoms with Crippen LogP contribution in [0.1, 0.15) is 0 Å². The fourth-order valence-corrected chi connectivity index (χ4v) is 4.06. The molecule has 2 amide bonds. The van der Waals surface area contributed by atoms with E-state index in [0.29, 0.717) is 23.6 Å². The van der Waals surface area contributed by atoms with E-state index in [4.69, 9.17) is 4.74 Å². The lowest BCUT2D eigenvalue weighted by atomic mass is 10.3. The summed E-state index contributed by atoms with van der Waals surface area (Å²) >= 11 is 3.55. The maximum atomic E-state index is 12.1. The highest BCUT2D eigenvalue weighted by molar-refractivity contribution is 9.10. The Morgan fingerprint density at radius 3 is 2.78 bits per heavy atom. The summed E-state index contributed by atoms with van der Waals surface area (Å²) in [4.78, 5) is 18.7. The molecule has 3 heterocycles. The van der Waals surface area contributed by atoms with Crippen molar-refractivity contribution in [2.45, 2.75) is 6.04 Å². The fraction of sp³-hybridized carbons (Fsp3) is 0.600. The standard InChI is InChI=1S/C15H20BrN5O2/c16-12-5-9(6-18-14(12)21-1-3-23-4-2-21)19-15(22)20-13-10-7-17-8-11(10)13/h5-6,10-11,13,17H,1-4,7-8H2,(H2,19,20,22)/t10-,11+,13?. The summed E-state index contributed by atoms with van der Waals surface area (Å²) in [6.07, 6.45) is 1.70. The van der Waals surface area contributed by atoms with E-state index in [1.165, 1.54) is 0 Å². The van der Waals surface area contributed by atoms with Crippen molar-refractivity contribution in [1.29, 1.82) is 0 Å². The molecule has 23 heavy (non-hydrogen) atoms. The van der Waals surface area contributed by atoms with Crippen LogP contribution in [-0.4, -0.2) is 56.4 Å². The molecular weight excluding hydrogens is 362 g/mol. The van der Waals surface area contributed by atoms with Crippen molar-refractivity contribution in [3.8, 4) is 0 Å². The number of carbonyl (C=O) groups excluding carboxylic acids is 1. The Kier molecular flexibility index (Phi) is 4.13. The minimum atomic E-state index is -0.155. The summed E-state index contributed by atoms with van der Waals surface area (Å²) in [7, 11) is 0. The number of fused-ring (bicyclic) bond motifs is 1. The van der Waals surface area contributed by atoms with Gasteiger partial charge in [-0.05, 0) is 33.8 Å². The van der Waals surface area contributed by atoms with Gasteiger partial charge in [0, 0.05) is 32.2 Å². The summed E-state index contributed by atoms with van der Waals surface area (Å²) in [5.41, 5.74) is 0.690. The quantitative estimate of drug-likeness (QED) is 0.728. The molecule has 1 aromatic rings. The highest BCUT2D eigenvalue weighted by Gasteiger charge is 2.53. The maximum Gasteiger partial charge on any atom is 0.319 e. The van der Waals surface area contributed by atoms with E-state index in [1.807, 2.05) is 6.07 Å². The molecule has 1 aliphatic carbocycles. The van der Waals surface area contributed by atoms with Crippen LogP contribution in [0, 0.1) is 11.8 Å². The Morgan fingerprint density at radius 2 is 2.09 bits per heavy atom. The Morgan fingerprint density at radius 1 is 1.35 bits per heavy atom. The molecule has 0 spiro atoms. The zero-order valence-electron chi connectivity index (χ0n) is 12.7. The smallest absolute Gasteiger partial charge is 0.319 e. The van der Waals surface area contributed by atoms with Crippen molar-refractivity contribution in [2.24, 2.45) is 11.8 Å². The molecule has 2 saturated heterocycles. The van der Waals surface area contributed by atoms with E-state index in [1.54, 1.807) is 6.20 Å². The van der Waals surface area contributed by atoms with Crippen LogP contribution in [0.5, 0.6) is 0 Å². The van der Waals surface area contributed by atoms with Gasteiger partial charge in [-0.15, -0.1) is 0 Å². The Labute approximate surface area is 143 Å². The first kappa shape index (κ1) is 15.2. The van der Waals surface area contributed by atoms with Gasteiger partial charge >= 0.3 is 6.03 Å². The highest BCUT2D eigenvalue weighted by Crippen LogP contribution is 2.41. The summed E-state index contributed by atoms with van der Waals surface area (Å²) in [5.74, 6) is 2.10. The Balaban J connectivity index is 1.35. The second kappa shape index (κ2) is 6.26. The first-order valence-electron chi connectivity index (χ1n) is 7.99. The molecule has 3 fully saturated rings. The number of amides is 2. The number of morpholine rings is 1. The van der Waals surface area contributed by atoms with E-state index >= 15 is 0 Å². The molecule has 7 nitrogen and oxygen atoms in total. The number of piperidine rings is 1. The molecule has 2 aliphatic heterocycles.